The largest absolute Gasteiger partial charge is 0.454 e. The van der Waals surface area contributed by atoms with E-state index in [-0.39, 0.29) is 7.43 Å². The maximum absolute atomic E-state index is 5.37. The number of fused-ring (bicyclic) bond motifs is 3. The minimum atomic E-state index is 0. The van der Waals surface area contributed by atoms with Crippen LogP contribution in [0.15, 0.2) is 115 Å². The van der Waals surface area contributed by atoms with Gasteiger partial charge in [0.15, 0.2) is 11.5 Å². The lowest BCUT2D eigenvalue weighted by Gasteiger charge is -2.08. The molecule has 0 radical (unpaired) electrons. The lowest BCUT2D eigenvalue weighted by atomic mass is 9.96. The van der Waals surface area contributed by atoms with E-state index < -0.39 is 0 Å². The molecule has 0 bridgehead atoms. The van der Waals surface area contributed by atoms with Crippen LogP contribution < -0.4 is 9.47 Å². The SMILES string of the molecule is C.CC.CC.CC.CC.CC(C)c1cccc2[nH]ncc12.CC(C)c1cccc2c1OCO2.CC(C)c1cccc2ccccc12.CC(C)c1ccccc1. The molecular weight excluding hydrogens is 673 g/mol. The van der Waals surface area contributed by atoms with Crippen molar-refractivity contribution in [2.24, 2.45) is 0 Å². The molecule has 304 valence electrons. The molecule has 6 aromatic rings. The van der Waals surface area contributed by atoms with Crippen molar-refractivity contribution in [2.75, 3.05) is 6.79 Å². The maximum atomic E-state index is 5.37. The van der Waals surface area contributed by atoms with E-state index in [1.807, 2.05) is 85.9 Å². The number of para-hydroxylation sites is 1. The molecule has 0 saturated heterocycles. The second kappa shape index (κ2) is 30.7. The molecule has 0 unspecified atom stereocenters. The fraction of sp³-hybridized carbons (Fsp3) is 0.431. The Balaban J connectivity index is 0. The number of aromatic amines is 1. The normalized spacial score (nSPS) is 10.2. The molecule has 0 atom stereocenters. The Labute approximate surface area is 338 Å². The molecule has 1 N–H and O–H groups in total. The van der Waals surface area contributed by atoms with Crippen molar-refractivity contribution < 1.29 is 9.47 Å². The van der Waals surface area contributed by atoms with Crippen molar-refractivity contribution in [3.05, 3.63) is 138 Å². The molecule has 0 amide bonds. The molecule has 55 heavy (non-hydrogen) atoms. The van der Waals surface area contributed by atoms with Crippen LogP contribution in [0.3, 0.4) is 0 Å². The van der Waals surface area contributed by atoms with Gasteiger partial charge < -0.3 is 9.47 Å². The quantitative estimate of drug-likeness (QED) is 0.195. The van der Waals surface area contributed by atoms with Crippen LogP contribution in [0.25, 0.3) is 21.7 Å². The van der Waals surface area contributed by atoms with Gasteiger partial charge in [0, 0.05) is 10.9 Å². The summed E-state index contributed by atoms with van der Waals surface area (Å²) in [6, 6.07) is 37.9. The lowest BCUT2D eigenvalue weighted by Crippen LogP contribution is -1.95. The number of ether oxygens (including phenoxy) is 2. The van der Waals surface area contributed by atoms with Crippen molar-refractivity contribution in [1.82, 2.24) is 10.2 Å². The fourth-order valence-electron chi connectivity index (χ4n) is 5.49. The molecule has 1 aromatic heterocycles. The van der Waals surface area contributed by atoms with E-state index >= 15 is 0 Å². The van der Waals surface area contributed by atoms with Crippen LogP contribution in [0, 0.1) is 0 Å². The standard InChI is InChI=1S/C13H14.C10H12N2.C10H12O2.C9H12.4C2H6.CH4/c1-10(2)12-9-5-7-11-6-3-4-8-13(11)12;1-7(2)8-4-3-5-10-9(8)6-11-12-10;1-7(2)8-4-3-5-9-10(8)12-6-11-9;1-8(2)9-6-4-3-5-7-9;4*1-2;/h3-10H,1-2H3;3-7H,1-2H3,(H,11,12);3-5,7H,6H2,1-2H3;3-8H,1-2H3;4*1-2H3;1H4. The van der Waals surface area contributed by atoms with E-state index in [9.17, 15) is 0 Å². The number of nitrogens with zero attached hydrogens (tertiary/aromatic N) is 1. The summed E-state index contributed by atoms with van der Waals surface area (Å²) in [5.41, 5.74) is 6.57. The van der Waals surface area contributed by atoms with E-state index in [4.69, 9.17) is 9.47 Å². The number of hydrogen-bond acceptors (Lipinski definition) is 3. The Morgan fingerprint density at radius 2 is 0.945 bits per heavy atom. The van der Waals surface area contributed by atoms with Crippen LogP contribution in [0.1, 0.15) is 164 Å². The topological polar surface area (TPSA) is 47.1 Å². The molecule has 2 heterocycles. The zero-order valence-electron chi connectivity index (χ0n) is 36.7. The summed E-state index contributed by atoms with van der Waals surface area (Å²) in [4.78, 5) is 0. The van der Waals surface area contributed by atoms with Gasteiger partial charge in [-0.15, -0.1) is 0 Å². The summed E-state index contributed by atoms with van der Waals surface area (Å²) in [5, 5.41) is 11.0. The Kier molecular flexibility index (Phi) is 29.3. The predicted molar refractivity (Wildman–Crippen MR) is 248 cm³/mol. The zero-order chi connectivity index (χ0) is 41.1. The summed E-state index contributed by atoms with van der Waals surface area (Å²) < 4.78 is 10.6. The van der Waals surface area contributed by atoms with E-state index in [1.165, 1.54) is 38.4 Å². The summed E-state index contributed by atoms with van der Waals surface area (Å²) in [5.74, 6) is 4.11. The van der Waals surface area contributed by atoms with Gasteiger partial charge in [-0.3, -0.25) is 5.10 Å². The average molecular weight is 751 g/mol. The summed E-state index contributed by atoms with van der Waals surface area (Å²) in [6.45, 7) is 33.9. The molecule has 4 heteroatoms. The van der Waals surface area contributed by atoms with Gasteiger partial charge in [-0.25, -0.2) is 0 Å². The average Bonchev–Trinajstić information content (AvgIpc) is 3.92. The maximum Gasteiger partial charge on any atom is 0.231 e. The highest BCUT2D eigenvalue weighted by Crippen LogP contribution is 2.38. The van der Waals surface area contributed by atoms with Gasteiger partial charge in [0.2, 0.25) is 6.79 Å². The minimum absolute atomic E-state index is 0. The van der Waals surface area contributed by atoms with Gasteiger partial charge in [-0.05, 0) is 63.3 Å². The van der Waals surface area contributed by atoms with Crippen LogP contribution in [0.4, 0.5) is 0 Å². The second-order valence-corrected chi connectivity index (χ2v) is 12.9. The van der Waals surface area contributed by atoms with Gasteiger partial charge in [0.25, 0.3) is 0 Å². The van der Waals surface area contributed by atoms with E-state index in [0.29, 0.717) is 30.5 Å². The van der Waals surface area contributed by atoms with Gasteiger partial charge in [0.1, 0.15) is 0 Å². The van der Waals surface area contributed by atoms with Crippen LogP contribution >= 0.6 is 0 Å². The van der Waals surface area contributed by atoms with Crippen molar-refractivity contribution in [3.8, 4) is 11.5 Å². The zero-order valence-corrected chi connectivity index (χ0v) is 36.7. The number of hydrogen-bond donors (Lipinski definition) is 1. The summed E-state index contributed by atoms with van der Waals surface area (Å²) in [6.07, 6.45) is 1.89. The number of benzene rings is 5. The Morgan fingerprint density at radius 1 is 0.473 bits per heavy atom. The summed E-state index contributed by atoms with van der Waals surface area (Å²) in [7, 11) is 0. The van der Waals surface area contributed by atoms with E-state index in [2.05, 4.69) is 151 Å². The molecule has 7 rings (SSSR count). The lowest BCUT2D eigenvalue weighted by molar-refractivity contribution is 0.173. The van der Waals surface area contributed by atoms with Crippen LogP contribution in [0.2, 0.25) is 0 Å². The number of H-pyrrole nitrogens is 1. The fourth-order valence-corrected chi connectivity index (χ4v) is 5.49. The highest BCUT2D eigenvalue weighted by molar-refractivity contribution is 5.86. The molecule has 0 fully saturated rings. The molecule has 0 spiro atoms. The summed E-state index contributed by atoms with van der Waals surface area (Å²) >= 11 is 0. The van der Waals surface area contributed by atoms with Crippen LogP contribution in [-0.4, -0.2) is 17.0 Å². The predicted octanol–water partition coefficient (Wildman–Crippen LogP) is 16.7. The molecule has 1 aliphatic heterocycles. The highest BCUT2D eigenvalue weighted by Gasteiger charge is 2.18. The molecule has 4 nitrogen and oxygen atoms in total. The molecule has 0 aliphatic carbocycles. The van der Waals surface area contributed by atoms with Crippen molar-refractivity contribution >= 4 is 21.7 Å². The Morgan fingerprint density at radius 3 is 1.49 bits per heavy atom. The smallest absolute Gasteiger partial charge is 0.231 e. The monoisotopic (exact) mass is 751 g/mol. The molecule has 1 aliphatic rings. The first-order valence-corrected chi connectivity index (χ1v) is 20.5. The minimum Gasteiger partial charge on any atom is -0.454 e. The number of aromatic nitrogens is 2. The first kappa shape index (κ1) is 52.5. The van der Waals surface area contributed by atoms with Gasteiger partial charge in [0.05, 0.1) is 11.7 Å². The molecule has 5 aromatic carbocycles. The van der Waals surface area contributed by atoms with Crippen LogP contribution in [0.5, 0.6) is 11.5 Å². The van der Waals surface area contributed by atoms with Gasteiger partial charge in [-0.2, -0.15) is 5.10 Å². The van der Waals surface area contributed by atoms with E-state index in [0.717, 1.165) is 17.0 Å². The van der Waals surface area contributed by atoms with E-state index in [1.54, 1.807) is 0 Å². The second-order valence-electron chi connectivity index (χ2n) is 12.9. The third kappa shape index (κ3) is 17.2. The molecular formula is C51H78N2O2. The van der Waals surface area contributed by atoms with Crippen molar-refractivity contribution in [3.63, 3.8) is 0 Å². The van der Waals surface area contributed by atoms with Crippen molar-refractivity contribution in [1.29, 1.82) is 0 Å². The third-order valence-electron chi connectivity index (χ3n) is 8.10. The first-order chi connectivity index (χ1) is 26.2. The Hall–Kier alpha value is -4.57. The Bertz CT molecular complexity index is 1780. The highest BCUT2D eigenvalue weighted by atomic mass is 16.7. The van der Waals surface area contributed by atoms with Gasteiger partial charge >= 0.3 is 0 Å². The molecule has 0 saturated carbocycles. The van der Waals surface area contributed by atoms with Gasteiger partial charge in [-0.1, -0.05) is 215 Å². The van der Waals surface area contributed by atoms with Crippen LogP contribution in [-0.2, 0) is 0 Å². The number of rotatable bonds is 4. The first-order valence-electron chi connectivity index (χ1n) is 20.5. The van der Waals surface area contributed by atoms with Crippen molar-refractivity contribution in [2.45, 2.75) is 142 Å². The number of nitrogens with one attached hydrogen (secondary N) is 1. The third-order valence-corrected chi connectivity index (χ3v) is 8.10.